The topological polar surface area (TPSA) is 84.0 Å². The lowest BCUT2D eigenvalue weighted by molar-refractivity contribution is 0.0948. The molecule has 6 nitrogen and oxygen atoms in total. The number of nitrogens with zero attached hydrogens (tertiary/aromatic N) is 2. The number of amides is 1. The number of nitrogens with one attached hydrogen (secondary N) is 2. The normalized spacial score (nSPS) is 13.7. The van der Waals surface area contributed by atoms with E-state index in [0.29, 0.717) is 18.8 Å². The van der Waals surface area contributed by atoms with Crippen LogP contribution in [0.5, 0.6) is 0 Å². The summed E-state index contributed by atoms with van der Waals surface area (Å²) in [4.78, 5) is 19.7. The van der Waals surface area contributed by atoms with E-state index in [-0.39, 0.29) is 16.9 Å². The summed E-state index contributed by atoms with van der Waals surface area (Å²) < 4.78 is 11.1. The highest BCUT2D eigenvalue weighted by Crippen LogP contribution is 2.00. The van der Waals surface area contributed by atoms with Crippen molar-refractivity contribution >= 4 is 22.5 Å². The highest BCUT2D eigenvalue weighted by molar-refractivity contribution is 7.84. The predicted octanol–water partition coefficient (Wildman–Crippen LogP) is 0.405. The van der Waals surface area contributed by atoms with E-state index in [0.717, 1.165) is 0 Å². The molecule has 1 aromatic rings. The summed E-state index contributed by atoms with van der Waals surface area (Å²) in [5, 5.41) is 5.62. The van der Waals surface area contributed by atoms with E-state index < -0.39 is 10.8 Å². The molecule has 0 aliphatic rings. The zero-order chi connectivity index (χ0) is 13.5. The zero-order valence-electron chi connectivity index (χ0n) is 10.8. The van der Waals surface area contributed by atoms with Crippen molar-refractivity contribution < 1.29 is 9.00 Å². The van der Waals surface area contributed by atoms with Gasteiger partial charge in [0.25, 0.3) is 5.91 Å². The molecule has 2 atom stereocenters. The summed E-state index contributed by atoms with van der Waals surface area (Å²) in [6.45, 7) is 2.37. The molecule has 0 aliphatic carbocycles. The van der Waals surface area contributed by atoms with Gasteiger partial charge in [-0.3, -0.25) is 9.00 Å². The van der Waals surface area contributed by atoms with Crippen molar-refractivity contribution in [1.82, 2.24) is 15.3 Å². The Hall–Kier alpha value is -1.50. The molecule has 0 aromatic carbocycles. The lowest BCUT2D eigenvalue weighted by Crippen LogP contribution is -2.28. The van der Waals surface area contributed by atoms with Gasteiger partial charge in [-0.2, -0.15) is 0 Å². The van der Waals surface area contributed by atoms with Crippen molar-refractivity contribution in [2.24, 2.45) is 0 Å². The number of carbonyl (C=O) groups excluding carboxylic acids is 1. The third-order valence-electron chi connectivity index (χ3n) is 2.54. The maximum Gasteiger partial charge on any atom is 0.271 e. The number of rotatable bonds is 6. The van der Waals surface area contributed by atoms with E-state index in [2.05, 4.69) is 20.6 Å². The molecule has 0 bridgehead atoms. The van der Waals surface area contributed by atoms with E-state index in [9.17, 15) is 9.00 Å². The van der Waals surface area contributed by atoms with Gasteiger partial charge in [-0.05, 0) is 6.42 Å². The molecule has 0 saturated heterocycles. The van der Waals surface area contributed by atoms with Crippen molar-refractivity contribution in [3.8, 4) is 0 Å². The van der Waals surface area contributed by atoms with E-state index in [1.165, 1.54) is 12.4 Å². The zero-order valence-corrected chi connectivity index (χ0v) is 11.6. The van der Waals surface area contributed by atoms with Gasteiger partial charge in [-0.15, -0.1) is 0 Å². The SMILES string of the molecule is CNc1cnc(C(=O)NCCC(C)S(C)=O)cn1. The minimum atomic E-state index is -0.861. The fourth-order valence-corrected chi connectivity index (χ4v) is 1.67. The molecule has 18 heavy (non-hydrogen) atoms. The molecular weight excluding hydrogens is 252 g/mol. The largest absolute Gasteiger partial charge is 0.372 e. The Morgan fingerprint density at radius 1 is 1.44 bits per heavy atom. The molecule has 2 unspecified atom stereocenters. The van der Waals surface area contributed by atoms with Crippen LogP contribution < -0.4 is 10.6 Å². The third kappa shape index (κ3) is 4.40. The predicted molar refractivity (Wildman–Crippen MR) is 72.1 cm³/mol. The standard InChI is InChI=1S/C11H18N4O2S/c1-8(18(3)17)4-5-13-11(16)9-6-15-10(12-2)7-14-9/h6-8H,4-5H2,1-3H3,(H,12,15)(H,13,16). The molecule has 1 aromatic heterocycles. The summed E-state index contributed by atoms with van der Waals surface area (Å²) in [6, 6.07) is 0. The minimum absolute atomic E-state index is 0.0723. The van der Waals surface area contributed by atoms with E-state index in [1.807, 2.05) is 6.92 Å². The van der Waals surface area contributed by atoms with Crippen LogP contribution >= 0.6 is 0 Å². The average molecular weight is 270 g/mol. The lowest BCUT2D eigenvalue weighted by Gasteiger charge is -2.09. The minimum Gasteiger partial charge on any atom is -0.372 e. The summed E-state index contributed by atoms with van der Waals surface area (Å²) >= 11 is 0. The maximum atomic E-state index is 11.7. The first-order valence-electron chi connectivity index (χ1n) is 5.64. The molecular formula is C11H18N4O2S. The van der Waals surface area contributed by atoms with Gasteiger partial charge in [0, 0.05) is 35.9 Å². The fraction of sp³-hybridized carbons (Fsp3) is 0.545. The molecule has 0 saturated carbocycles. The van der Waals surface area contributed by atoms with E-state index in [1.54, 1.807) is 13.3 Å². The number of aromatic nitrogens is 2. The van der Waals surface area contributed by atoms with Gasteiger partial charge >= 0.3 is 0 Å². The van der Waals surface area contributed by atoms with Gasteiger partial charge in [0.15, 0.2) is 0 Å². The van der Waals surface area contributed by atoms with Crippen molar-refractivity contribution in [2.45, 2.75) is 18.6 Å². The van der Waals surface area contributed by atoms with Crippen molar-refractivity contribution in [1.29, 1.82) is 0 Å². The second-order valence-electron chi connectivity index (χ2n) is 3.89. The number of hydrogen-bond donors (Lipinski definition) is 2. The highest BCUT2D eigenvalue weighted by atomic mass is 32.2. The summed E-state index contributed by atoms with van der Waals surface area (Å²) in [6.07, 6.45) is 5.26. The van der Waals surface area contributed by atoms with Crippen LogP contribution in [0.4, 0.5) is 5.82 Å². The van der Waals surface area contributed by atoms with Gasteiger partial charge in [-0.1, -0.05) is 6.92 Å². The maximum absolute atomic E-state index is 11.7. The first-order valence-corrected chi connectivity index (χ1v) is 7.27. The molecule has 2 N–H and O–H groups in total. The van der Waals surface area contributed by atoms with Crippen LogP contribution in [-0.4, -0.2) is 45.2 Å². The Labute approximate surface area is 109 Å². The third-order valence-corrected chi connectivity index (χ3v) is 3.91. The Balaban J connectivity index is 2.42. The Morgan fingerprint density at radius 3 is 2.67 bits per heavy atom. The summed E-state index contributed by atoms with van der Waals surface area (Å²) in [5.41, 5.74) is 0.277. The molecule has 1 heterocycles. The molecule has 0 radical (unpaired) electrons. The quantitative estimate of drug-likeness (QED) is 0.782. The van der Waals surface area contributed by atoms with E-state index in [4.69, 9.17) is 0 Å². The Kier molecular flexibility index (Phi) is 5.70. The monoisotopic (exact) mass is 270 g/mol. The van der Waals surface area contributed by atoms with Gasteiger partial charge in [0.1, 0.15) is 11.5 Å². The number of carbonyl (C=O) groups is 1. The Bertz CT molecular complexity index is 422. The van der Waals surface area contributed by atoms with Gasteiger partial charge in [0.05, 0.1) is 12.4 Å². The molecule has 1 rings (SSSR count). The molecule has 0 aliphatic heterocycles. The smallest absolute Gasteiger partial charge is 0.271 e. The van der Waals surface area contributed by atoms with Crippen LogP contribution in [0.15, 0.2) is 12.4 Å². The van der Waals surface area contributed by atoms with Crippen LogP contribution in [0.1, 0.15) is 23.8 Å². The molecule has 100 valence electrons. The van der Waals surface area contributed by atoms with Crippen LogP contribution in [0.3, 0.4) is 0 Å². The molecule has 7 heteroatoms. The summed E-state index contributed by atoms with van der Waals surface area (Å²) in [5.74, 6) is 0.348. The fourth-order valence-electron chi connectivity index (χ4n) is 1.22. The first-order chi connectivity index (χ1) is 8.54. The molecule has 0 fully saturated rings. The van der Waals surface area contributed by atoms with Gasteiger partial charge in [0.2, 0.25) is 0 Å². The van der Waals surface area contributed by atoms with Crippen LogP contribution in [0.2, 0.25) is 0 Å². The second-order valence-corrected chi connectivity index (χ2v) is 5.69. The number of hydrogen-bond acceptors (Lipinski definition) is 5. The van der Waals surface area contributed by atoms with Crippen molar-refractivity contribution in [3.05, 3.63) is 18.1 Å². The van der Waals surface area contributed by atoms with Gasteiger partial charge < -0.3 is 10.6 Å². The van der Waals surface area contributed by atoms with E-state index >= 15 is 0 Å². The Morgan fingerprint density at radius 2 is 2.17 bits per heavy atom. The highest BCUT2D eigenvalue weighted by Gasteiger charge is 2.09. The van der Waals surface area contributed by atoms with Crippen LogP contribution in [-0.2, 0) is 10.8 Å². The molecule has 1 amide bonds. The number of anilines is 1. The van der Waals surface area contributed by atoms with Gasteiger partial charge in [-0.25, -0.2) is 9.97 Å². The van der Waals surface area contributed by atoms with Crippen LogP contribution in [0.25, 0.3) is 0 Å². The lowest BCUT2D eigenvalue weighted by atomic mass is 10.3. The average Bonchev–Trinajstić information content (AvgIpc) is 2.38. The summed E-state index contributed by atoms with van der Waals surface area (Å²) in [7, 11) is 0.871. The van der Waals surface area contributed by atoms with Crippen molar-refractivity contribution in [3.63, 3.8) is 0 Å². The molecule has 0 spiro atoms. The first kappa shape index (κ1) is 14.6. The van der Waals surface area contributed by atoms with Crippen LogP contribution in [0, 0.1) is 0 Å². The second kappa shape index (κ2) is 7.05. The van der Waals surface area contributed by atoms with Crippen molar-refractivity contribution in [2.75, 3.05) is 25.2 Å².